The molecule has 1 fully saturated rings. The zero-order valence-electron chi connectivity index (χ0n) is 11.1. The number of carbonyl (C=O) groups is 1. The van der Waals surface area contributed by atoms with E-state index in [2.05, 4.69) is 0 Å². The van der Waals surface area contributed by atoms with E-state index in [4.69, 9.17) is 4.74 Å². The number of ether oxygens (including phenoxy) is 1. The van der Waals surface area contributed by atoms with Crippen LogP contribution in [0.5, 0.6) is 0 Å². The van der Waals surface area contributed by atoms with Crippen LogP contribution in [0, 0.1) is 5.82 Å². The highest BCUT2D eigenvalue weighted by atomic mass is 19.1. The maximum atomic E-state index is 13.0. The van der Waals surface area contributed by atoms with Crippen molar-refractivity contribution in [3.63, 3.8) is 0 Å². The molecule has 0 aromatic heterocycles. The van der Waals surface area contributed by atoms with Gasteiger partial charge in [0, 0.05) is 12.3 Å². The van der Waals surface area contributed by atoms with Crippen molar-refractivity contribution < 1.29 is 19.0 Å². The van der Waals surface area contributed by atoms with Crippen molar-refractivity contribution >= 4 is 5.97 Å². The van der Waals surface area contributed by atoms with Gasteiger partial charge in [-0.1, -0.05) is 12.1 Å². The normalized spacial score (nSPS) is 27.0. The maximum absolute atomic E-state index is 13.0. The average Bonchev–Trinajstić information content (AvgIpc) is 2.39. The van der Waals surface area contributed by atoms with Gasteiger partial charge in [-0.05, 0) is 43.4 Å². The van der Waals surface area contributed by atoms with E-state index in [1.54, 1.807) is 12.1 Å². The minimum absolute atomic E-state index is 0.276. The number of carbonyl (C=O) groups excluding carboxylic acids is 1. The van der Waals surface area contributed by atoms with Gasteiger partial charge in [-0.15, -0.1) is 0 Å². The van der Waals surface area contributed by atoms with E-state index in [9.17, 15) is 14.3 Å². The fourth-order valence-corrected chi connectivity index (χ4v) is 2.71. The Balaban J connectivity index is 2.22. The molecule has 0 atom stereocenters. The van der Waals surface area contributed by atoms with Gasteiger partial charge in [-0.2, -0.15) is 0 Å². The Morgan fingerprint density at radius 1 is 1.37 bits per heavy atom. The standard InChI is InChI=1S/C15H19FO3/c1-11(17)19-10-15(8-6-14(18)7-9-15)12-2-4-13(16)5-3-12/h2-5,14,18H,6-10H2,1H3. The molecule has 1 saturated carbocycles. The van der Waals surface area contributed by atoms with Crippen LogP contribution < -0.4 is 0 Å². The first-order valence-electron chi connectivity index (χ1n) is 6.59. The van der Waals surface area contributed by atoms with E-state index < -0.39 is 0 Å². The van der Waals surface area contributed by atoms with Crippen LogP contribution in [0.2, 0.25) is 0 Å². The van der Waals surface area contributed by atoms with Crippen molar-refractivity contribution in [2.45, 2.75) is 44.1 Å². The van der Waals surface area contributed by atoms with E-state index in [-0.39, 0.29) is 23.3 Å². The Kier molecular flexibility index (Phi) is 4.20. The van der Waals surface area contributed by atoms with E-state index in [0.717, 1.165) is 18.4 Å². The SMILES string of the molecule is CC(=O)OCC1(c2ccc(F)cc2)CCC(O)CC1. The lowest BCUT2D eigenvalue weighted by atomic mass is 9.69. The highest BCUT2D eigenvalue weighted by molar-refractivity contribution is 5.66. The summed E-state index contributed by atoms with van der Waals surface area (Å²) in [7, 11) is 0. The first-order chi connectivity index (χ1) is 9.02. The molecule has 0 saturated heterocycles. The second-order valence-electron chi connectivity index (χ2n) is 5.30. The van der Waals surface area contributed by atoms with E-state index in [1.807, 2.05) is 0 Å². The first-order valence-corrected chi connectivity index (χ1v) is 6.59. The predicted octanol–water partition coefficient (Wildman–Crippen LogP) is 2.56. The minimum atomic E-state index is -0.312. The van der Waals surface area contributed by atoms with Gasteiger partial charge in [0.1, 0.15) is 12.4 Å². The molecule has 1 aromatic rings. The second kappa shape index (κ2) is 5.70. The molecule has 0 bridgehead atoms. The molecule has 1 aliphatic carbocycles. The molecular weight excluding hydrogens is 247 g/mol. The van der Waals surface area contributed by atoms with Gasteiger partial charge in [0.15, 0.2) is 0 Å². The summed E-state index contributed by atoms with van der Waals surface area (Å²) in [6, 6.07) is 6.35. The summed E-state index contributed by atoms with van der Waals surface area (Å²) in [4.78, 5) is 11.0. The van der Waals surface area contributed by atoms with Crippen LogP contribution in [0.1, 0.15) is 38.2 Å². The lowest BCUT2D eigenvalue weighted by Crippen LogP contribution is -2.38. The molecule has 3 nitrogen and oxygen atoms in total. The Labute approximate surface area is 112 Å². The third kappa shape index (κ3) is 3.32. The van der Waals surface area contributed by atoms with Gasteiger partial charge in [0.25, 0.3) is 0 Å². The van der Waals surface area contributed by atoms with Crippen molar-refractivity contribution in [1.29, 1.82) is 0 Å². The van der Waals surface area contributed by atoms with Crippen molar-refractivity contribution in [1.82, 2.24) is 0 Å². The van der Waals surface area contributed by atoms with Crippen molar-refractivity contribution in [2.24, 2.45) is 0 Å². The summed E-state index contributed by atoms with van der Waals surface area (Å²) in [5, 5.41) is 9.64. The van der Waals surface area contributed by atoms with Gasteiger partial charge in [-0.25, -0.2) is 4.39 Å². The van der Waals surface area contributed by atoms with Crippen LogP contribution in [0.25, 0.3) is 0 Å². The van der Waals surface area contributed by atoms with Crippen molar-refractivity contribution in [2.75, 3.05) is 6.61 Å². The van der Waals surface area contributed by atoms with Crippen LogP contribution in [0.3, 0.4) is 0 Å². The summed E-state index contributed by atoms with van der Waals surface area (Å²) in [5.74, 6) is -0.588. The fourth-order valence-electron chi connectivity index (χ4n) is 2.71. The van der Waals surface area contributed by atoms with Crippen molar-refractivity contribution in [3.8, 4) is 0 Å². The quantitative estimate of drug-likeness (QED) is 0.855. The van der Waals surface area contributed by atoms with E-state index in [0.29, 0.717) is 19.4 Å². The Hall–Kier alpha value is -1.42. The minimum Gasteiger partial charge on any atom is -0.465 e. The van der Waals surface area contributed by atoms with Crippen LogP contribution in [-0.2, 0) is 14.9 Å². The van der Waals surface area contributed by atoms with Gasteiger partial charge in [0.2, 0.25) is 0 Å². The van der Waals surface area contributed by atoms with E-state index >= 15 is 0 Å². The number of hydrogen-bond donors (Lipinski definition) is 1. The van der Waals surface area contributed by atoms with Crippen LogP contribution in [0.4, 0.5) is 4.39 Å². The Morgan fingerprint density at radius 2 is 1.95 bits per heavy atom. The Morgan fingerprint density at radius 3 is 2.47 bits per heavy atom. The number of aliphatic hydroxyl groups is 1. The second-order valence-corrected chi connectivity index (χ2v) is 5.30. The number of benzene rings is 1. The molecule has 104 valence electrons. The smallest absolute Gasteiger partial charge is 0.302 e. The molecule has 2 rings (SSSR count). The first kappa shape index (κ1) is 14.0. The lowest BCUT2D eigenvalue weighted by Gasteiger charge is -2.38. The Bertz CT molecular complexity index is 433. The molecular formula is C15H19FO3. The highest BCUT2D eigenvalue weighted by Gasteiger charge is 2.37. The number of halogens is 1. The number of esters is 1. The molecule has 1 aromatic carbocycles. The van der Waals surface area contributed by atoms with Crippen LogP contribution in [0.15, 0.2) is 24.3 Å². The third-order valence-corrected chi connectivity index (χ3v) is 3.92. The van der Waals surface area contributed by atoms with Gasteiger partial charge in [0.05, 0.1) is 6.10 Å². The summed E-state index contributed by atoms with van der Waals surface area (Å²) >= 11 is 0. The lowest BCUT2D eigenvalue weighted by molar-refractivity contribution is -0.143. The van der Waals surface area contributed by atoms with Crippen molar-refractivity contribution in [3.05, 3.63) is 35.6 Å². The molecule has 1 aliphatic rings. The third-order valence-electron chi connectivity index (χ3n) is 3.92. The maximum Gasteiger partial charge on any atom is 0.302 e. The highest BCUT2D eigenvalue weighted by Crippen LogP contribution is 2.40. The van der Waals surface area contributed by atoms with E-state index in [1.165, 1.54) is 19.1 Å². The average molecular weight is 266 g/mol. The summed E-state index contributed by atoms with van der Waals surface area (Å²) in [6.45, 7) is 1.68. The molecule has 0 amide bonds. The van der Waals surface area contributed by atoms with Gasteiger partial charge in [-0.3, -0.25) is 4.79 Å². The molecule has 0 unspecified atom stereocenters. The fraction of sp³-hybridized carbons (Fsp3) is 0.533. The molecule has 0 heterocycles. The molecule has 0 radical (unpaired) electrons. The van der Waals surface area contributed by atoms with Crippen LogP contribution >= 0.6 is 0 Å². The zero-order valence-corrected chi connectivity index (χ0v) is 11.1. The molecule has 19 heavy (non-hydrogen) atoms. The zero-order chi connectivity index (χ0) is 13.9. The molecule has 0 spiro atoms. The van der Waals surface area contributed by atoms with Crippen LogP contribution in [-0.4, -0.2) is 23.8 Å². The number of rotatable bonds is 3. The number of hydrogen-bond acceptors (Lipinski definition) is 3. The molecule has 4 heteroatoms. The summed E-state index contributed by atoms with van der Waals surface area (Å²) < 4.78 is 18.2. The topological polar surface area (TPSA) is 46.5 Å². The van der Waals surface area contributed by atoms with Gasteiger partial charge >= 0.3 is 5.97 Å². The van der Waals surface area contributed by atoms with Gasteiger partial charge < -0.3 is 9.84 Å². The molecule has 1 N–H and O–H groups in total. The predicted molar refractivity (Wildman–Crippen MR) is 69.2 cm³/mol. The monoisotopic (exact) mass is 266 g/mol. The summed E-state index contributed by atoms with van der Waals surface area (Å²) in [6.07, 6.45) is 2.56. The largest absolute Gasteiger partial charge is 0.465 e. The molecule has 0 aliphatic heterocycles. The number of aliphatic hydroxyl groups excluding tert-OH is 1. The summed E-state index contributed by atoms with van der Waals surface area (Å²) in [5.41, 5.74) is 0.681.